The average Bonchev–Trinajstić information content (AvgIpc) is 3.07. The highest BCUT2D eigenvalue weighted by Crippen LogP contribution is 2.36. The molecule has 21 heavy (non-hydrogen) atoms. The number of rotatable bonds is 2. The number of fused-ring (bicyclic) bond motifs is 1. The molecular formula is C16H19N3O2. The lowest BCUT2D eigenvalue weighted by Gasteiger charge is -2.10. The van der Waals surface area contributed by atoms with Crippen LogP contribution in [0.4, 0.5) is 0 Å². The molecule has 1 fully saturated rings. The third-order valence-electron chi connectivity index (χ3n) is 4.25. The smallest absolute Gasteiger partial charge is 0.268 e. The van der Waals surface area contributed by atoms with Gasteiger partial charge in [-0.15, -0.1) is 0 Å². The lowest BCUT2D eigenvalue weighted by atomic mass is 10.1. The highest BCUT2D eigenvalue weighted by molar-refractivity contribution is 5.37. The van der Waals surface area contributed by atoms with E-state index in [1.807, 2.05) is 18.2 Å². The van der Waals surface area contributed by atoms with Crippen LogP contribution in [0, 0.1) is 0 Å². The first kappa shape index (κ1) is 12.8. The van der Waals surface area contributed by atoms with Crippen molar-refractivity contribution in [2.24, 2.45) is 0 Å². The molecule has 1 saturated heterocycles. The maximum absolute atomic E-state index is 5.90. The fourth-order valence-corrected chi connectivity index (χ4v) is 3.09. The second-order valence-corrected chi connectivity index (χ2v) is 5.77. The number of hydrogen-bond donors (Lipinski definition) is 1. The summed E-state index contributed by atoms with van der Waals surface area (Å²) in [7, 11) is 0. The molecule has 5 heteroatoms. The Balaban J connectivity index is 1.50. The van der Waals surface area contributed by atoms with Crippen LogP contribution in [0.15, 0.2) is 28.8 Å². The summed E-state index contributed by atoms with van der Waals surface area (Å²) in [5, 5.41) is 7.65. The molecule has 110 valence electrons. The van der Waals surface area contributed by atoms with Crippen LogP contribution in [-0.4, -0.2) is 16.7 Å². The standard InChI is InChI=1S/C16H19N3O2/c1-2-7-12(17-9-5-1)15-18-16(21-19-15)14-10-11-6-3-4-8-13(11)20-14/h3-4,6,8,12,14,17H,1-2,5,7,9-10H2. The zero-order valence-corrected chi connectivity index (χ0v) is 11.9. The van der Waals surface area contributed by atoms with Crippen LogP contribution in [0.2, 0.25) is 0 Å². The maximum atomic E-state index is 5.90. The quantitative estimate of drug-likeness (QED) is 0.919. The SMILES string of the molecule is c1ccc2c(c1)CC(c1nc(C3CCCCCN3)no1)O2. The molecule has 1 aromatic carbocycles. The van der Waals surface area contributed by atoms with Gasteiger partial charge >= 0.3 is 0 Å². The molecule has 4 rings (SSSR count). The Morgan fingerprint density at radius 1 is 1.14 bits per heavy atom. The number of benzene rings is 1. The van der Waals surface area contributed by atoms with Crippen molar-refractivity contribution in [1.82, 2.24) is 15.5 Å². The van der Waals surface area contributed by atoms with E-state index in [2.05, 4.69) is 21.5 Å². The molecule has 2 aliphatic rings. The van der Waals surface area contributed by atoms with Crippen molar-refractivity contribution in [2.75, 3.05) is 6.54 Å². The highest BCUT2D eigenvalue weighted by Gasteiger charge is 2.30. The molecule has 5 nitrogen and oxygen atoms in total. The molecule has 0 aliphatic carbocycles. The molecule has 0 amide bonds. The summed E-state index contributed by atoms with van der Waals surface area (Å²) in [5.74, 6) is 2.29. The summed E-state index contributed by atoms with van der Waals surface area (Å²) in [6.45, 7) is 1.03. The molecule has 2 unspecified atom stereocenters. The van der Waals surface area contributed by atoms with Crippen LogP contribution in [0.25, 0.3) is 0 Å². The molecule has 1 aromatic heterocycles. The third kappa shape index (κ3) is 2.53. The molecule has 2 atom stereocenters. The minimum atomic E-state index is -0.144. The van der Waals surface area contributed by atoms with Crippen molar-refractivity contribution in [1.29, 1.82) is 0 Å². The average molecular weight is 285 g/mol. The molecule has 1 N–H and O–H groups in total. The van der Waals surface area contributed by atoms with Crippen molar-refractivity contribution in [3.63, 3.8) is 0 Å². The fraction of sp³-hybridized carbons (Fsp3) is 0.500. The largest absolute Gasteiger partial charge is 0.480 e. The Morgan fingerprint density at radius 3 is 3.05 bits per heavy atom. The number of nitrogens with zero attached hydrogens (tertiary/aromatic N) is 2. The molecule has 0 radical (unpaired) electrons. The van der Waals surface area contributed by atoms with E-state index in [1.54, 1.807) is 0 Å². The lowest BCUT2D eigenvalue weighted by Crippen LogP contribution is -2.21. The molecular weight excluding hydrogens is 266 g/mol. The van der Waals surface area contributed by atoms with Gasteiger partial charge in [-0.1, -0.05) is 36.2 Å². The minimum absolute atomic E-state index is 0.144. The summed E-state index contributed by atoms with van der Waals surface area (Å²) in [5.41, 5.74) is 1.20. The Labute approximate surface area is 123 Å². The van der Waals surface area contributed by atoms with Gasteiger partial charge in [0.05, 0.1) is 6.04 Å². The monoisotopic (exact) mass is 285 g/mol. The lowest BCUT2D eigenvalue weighted by molar-refractivity contribution is 0.183. The van der Waals surface area contributed by atoms with Crippen LogP contribution in [-0.2, 0) is 6.42 Å². The van der Waals surface area contributed by atoms with Gasteiger partial charge in [-0.3, -0.25) is 0 Å². The van der Waals surface area contributed by atoms with Crippen LogP contribution >= 0.6 is 0 Å². The van der Waals surface area contributed by atoms with E-state index in [0.717, 1.165) is 31.0 Å². The predicted molar refractivity (Wildman–Crippen MR) is 77.0 cm³/mol. The summed E-state index contributed by atoms with van der Waals surface area (Å²) in [4.78, 5) is 4.58. The Bertz CT molecular complexity index is 592. The predicted octanol–water partition coefficient (Wildman–Crippen LogP) is 2.95. The normalized spacial score (nSPS) is 25.1. The van der Waals surface area contributed by atoms with Gasteiger partial charge in [0.2, 0.25) is 0 Å². The third-order valence-corrected chi connectivity index (χ3v) is 4.25. The Morgan fingerprint density at radius 2 is 2.10 bits per heavy atom. The second-order valence-electron chi connectivity index (χ2n) is 5.77. The molecule has 3 heterocycles. The van der Waals surface area contributed by atoms with Gasteiger partial charge in [-0.2, -0.15) is 4.98 Å². The number of aromatic nitrogens is 2. The summed E-state index contributed by atoms with van der Waals surface area (Å²) in [6, 6.07) is 8.29. The zero-order valence-electron chi connectivity index (χ0n) is 11.9. The van der Waals surface area contributed by atoms with Crippen LogP contribution in [0.1, 0.15) is 55.1 Å². The zero-order chi connectivity index (χ0) is 14.1. The first-order valence-corrected chi connectivity index (χ1v) is 7.71. The fourth-order valence-electron chi connectivity index (χ4n) is 3.09. The highest BCUT2D eigenvalue weighted by atomic mass is 16.5. The van der Waals surface area contributed by atoms with E-state index in [9.17, 15) is 0 Å². The molecule has 0 bridgehead atoms. The van der Waals surface area contributed by atoms with Gasteiger partial charge in [0.15, 0.2) is 11.9 Å². The van der Waals surface area contributed by atoms with E-state index >= 15 is 0 Å². The number of para-hydroxylation sites is 1. The van der Waals surface area contributed by atoms with E-state index in [4.69, 9.17) is 9.26 Å². The molecule has 2 aliphatic heterocycles. The molecule has 0 saturated carbocycles. The van der Waals surface area contributed by atoms with Gasteiger partial charge in [0, 0.05) is 6.42 Å². The van der Waals surface area contributed by atoms with Gasteiger partial charge in [-0.05, 0) is 31.0 Å². The number of ether oxygens (including phenoxy) is 1. The van der Waals surface area contributed by atoms with Crippen LogP contribution in [0.5, 0.6) is 5.75 Å². The van der Waals surface area contributed by atoms with E-state index < -0.39 is 0 Å². The van der Waals surface area contributed by atoms with Gasteiger partial charge in [0.1, 0.15) is 5.75 Å². The van der Waals surface area contributed by atoms with Gasteiger partial charge < -0.3 is 14.6 Å². The second kappa shape index (κ2) is 5.48. The first-order chi connectivity index (χ1) is 10.4. The number of nitrogens with one attached hydrogen (secondary N) is 1. The summed E-state index contributed by atoms with van der Waals surface area (Å²) >= 11 is 0. The van der Waals surface area contributed by atoms with Crippen LogP contribution in [0.3, 0.4) is 0 Å². The van der Waals surface area contributed by atoms with Crippen LogP contribution < -0.4 is 10.1 Å². The number of hydrogen-bond acceptors (Lipinski definition) is 5. The first-order valence-electron chi connectivity index (χ1n) is 7.71. The van der Waals surface area contributed by atoms with Crippen molar-refractivity contribution in [3.05, 3.63) is 41.5 Å². The van der Waals surface area contributed by atoms with E-state index in [0.29, 0.717) is 5.89 Å². The van der Waals surface area contributed by atoms with E-state index in [1.165, 1.54) is 24.8 Å². The topological polar surface area (TPSA) is 60.2 Å². The van der Waals surface area contributed by atoms with E-state index in [-0.39, 0.29) is 12.1 Å². The Hall–Kier alpha value is -1.88. The summed E-state index contributed by atoms with van der Waals surface area (Å²) < 4.78 is 11.3. The van der Waals surface area contributed by atoms with Gasteiger partial charge in [0.25, 0.3) is 5.89 Å². The molecule has 2 aromatic rings. The molecule has 0 spiro atoms. The van der Waals surface area contributed by atoms with Crippen molar-refractivity contribution >= 4 is 0 Å². The van der Waals surface area contributed by atoms with Crippen molar-refractivity contribution in [3.8, 4) is 5.75 Å². The van der Waals surface area contributed by atoms with Crippen molar-refractivity contribution < 1.29 is 9.26 Å². The Kier molecular flexibility index (Phi) is 3.35. The van der Waals surface area contributed by atoms with Crippen molar-refractivity contribution in [2.45, 2.75) is 44.2 Å². The summed E-state index contributed by atoms with van der Waals surface area (Å²) in [6.07, 6.45) is 5.44. The van der Waals surface area contributed by atoms with Gasteiger partial charge in [-0.25, -0.2) is 0 Å². The minimum Gasteiger partial charge on any atom is -0.480 e. The maximum Gasteiger partial charge on any atom is 0.268 e.